The molecule has 2 aliphatic rings. The van der Waals surface area contributed by atoms with Crippen LogP contribution in [0.2, 0.25) is 0 Å². The Morgan fingerprint density at radius 1 is 0.561 bits per heavy atom. The second kappa shape index (κ2) is 12.8. The topological polar surface area (TPSA) is 56.4 Å². The average Bonchev–Trinajstić information content (AvgIpc) is 4.06. The minimum Gasteiger partial charge on any atom is -0.456 e. The minimum atomic E-state index is 0.0259. The van der Waals surface area contributed by atoms with Crippen LogP contribution in [0.1, 0.15) is 78.0 Å². The zero-order valence-electron chi connectivity index (χ0n) is 38.5. The lowest BCUT2D eigenvalue weighted by Gasteiger charge is -2.42. The van der Waals surface area contributed by atoms with Gasteiger partial charge in [-0.05, 0) is 112 Å². The number of aromatic nitrogens is 1. The zero-order chi connectivity index (χ0) is 44.6. The van der Waals surface area contributed by atoms with Crippen LogP contribution in [0.25, 0.3) is 104 Å². The predicted octanol–water partition coefficient (Wildman–Crippen LogP) is 15.2. The maximum Gasteiger partial charge on any atom is 0.198 e. The van der Waals surface area contributed by atoms with Gasteiger partial charge in [0.1, 0.15) is 33.5 Å². The summed E-state index contributed by atoms with van der Waals surface area (Å²) in [7, 11) is 0.693. The second-order valence-electron chi connectivity index (χ2n) is 21.6. The zero-order valence-corrected chi connectivity index (χ0v) is 38.5. The van der Waals surface area contributed by atoms with E-state index >= 15 is 0 Å². The Morgan fingerprint density at radius 3 is 1.82 bits per heavy atom. The fraction of sp³-hybridized carbons (Fsp3) is 0.200. The first-order valence-electron chi connectivity index (χ1n) is 23.6. The summed E-state index contributed by atoms with van der Waals surface area (Å²) in [6.45, 7) is 16.5. The highest BCUT2D eigenvalue weighted by Crippen LogP contribution is 2.52. The number of rotatable bonds is 3. The molecule has 0 unspecified atom stereocenters. The summed E-state index contributed by atoms with van der Waals surface area (Å²) >= 11 is 0. The van der Waals surface area contributed by atoms with Crippen molar-refractivity contribution >= 4 is 117 Å². The van der Waals surface area contributed by atoms with E-state index in [0.717, 1.165) is 101 Å². The average molecular weight is 857 g/mol. The number of hydrogen-bond donors (Lipinski definition) is 1. The smallest absolute Gasteiger partial charge is 0.198 e. The van der Waals surface area contributed by atoms with Gasteiger partial charge in [-0.1, -0.05) is 121 Å². The van der Waals surface area contributed by atoms with Crippen LogP contribution < -0.4 is 16.2 Å². The van der Waals surface area contributed by atoms with E-state index in [4.69, 9.17) is 13.3 Å². The molecule has 0 fully saturated rings. The van der Waals surface area contributed by atoms with Gasteiger partial charge >= 0.3 is 0 Å². The van der Waals surface area contributed by atoms with Crippen molar-refractivity contribution in [3.05, 3.63) is 150 Å². The maximum absolute atomic E-state index is 7.32. The van der Waals surface area contributed by atoms with E-state index in [0.29, 0.717) is 7.28 Å². The summed E-state index contributed by atoms with van der Waals surface area (Å²) in [5.74, 6) is 0. The summed E-state index contributed by atoms with van der Waals surface area (Å²) in [5, 5.41) is 13.2. The number of para-hydroxylation sites is 3. The first kappa shape index (κ1) is 38.1. The van der Waals surface area contributed by atoms with Crippen molar-refractivity contribution in [3.63, 3.8) is 0 Å². The summed E-state index contributed by atoms with van der Waals surface area (Å²) in [6, 6.07) is 48.8. The largest absolute Gasteiger partial charge is 0.456 e. The Labute approximate surface area is 383 Å². The van der Waals surface area contributed by atoms with Crippen molar-refractivity contribution in [2.75, 3.05) is 5.32 Å². The molecule has 12 aromatic rings. The maximum atomic E-state index is 7.32. The van der Waals surface area contributed by atoms with Crippen LogP contribution in [0.15, 0.2) is 147 Å². The quantitative estimate of drug-likeness (QED) is 0.180. The number of nitrogens with zero attached hydrogens (tertiary/aromatic N) is 1. The third-order valence-electron chi connectivity index (χ3n) is 15.6. The molecule has 5 heterocycles. The lowest BCUT2D eigenvalue weighted by atomic mass is 9.58. The van der Waals surface area contributed by atoms with Crippen molar-refractivity contribution in [2.45, 2.75) is 77.6 Å². The van der Waals surface area contributed by atoms with Gasteiger partial charge in [0, 0.05) is 71.7 Å². The summed E-state index contributed by atoms with van der Waals surface area (Å²) < 4.78 is 23.2. The number of benzene rings is 8. The lowest BCUT2D eigenvalue weighted by molar-refractivity contribution is 0.332. The monoisotopic (exact) mass is 856 g/mol. The normalized spacial score (nSPS) is 15.4. The molecule has 0 saturated heterocycles. The molecule has 320 valence electrons. The van der Waals surface area contributed by atoms with Gasteiger partial charge in [0.2, 0.25) is 0 Å². The molecule has 5 nitrogen and oxygen atoms in total. The van der Waals surface area contributed by atoms with Crippen LogP contribution in [0.5, 0.6) is 0 Å². The molecular weight excluding hydrogens is 807 g/mol. The van der Waals surface area contributed by atoms with E-state index in [1.807, 2.05) is 6.07 Å². The highest BCUT2D eigenvalue weighted by atomic mass is 16.3. The van der Waals surface area contributed by atoms with Crippen LogP contribution in [0, 0.1) is 0 Å². The molecule has 66 heavy (non-hydrogen) atoms. The van der Waals surface area contributed by atoms with Gasteiger partial charge < -0.3 is 23.1 Å². The highest BCUT2D eigenvalue weighted by Gasteiger charge is 2.40. The van der Waals surface area contributed by atoms with Crippen molar-refractivity contribution in [2.24, 2.45) is 0 Å². The van der Waals surface area contributed by atoms with E-state index in [-0.39, 0.29) is 16.2 Å². The minimum absolute atomic E-state index is 0.0259. The molecule has 0 atom stereocenters. The molecular formula is C60H49BN2O3. The van der Waals surface area contributed by atoms with E-state index in [1.54, 1.807) is 0 Å². The fourth-order valence-corrected chi connectivity index (χ4v) is 12.0. The standard InChI is InChI=1S/C60H49BN2O3/c1-58(2,3)32-20-22-33(23-21-32)62-44-31-51-37(34-14-8-11-17-47(34)65-51)26-39(44)54-55-56-52(53-36-16-10-13-19-49(36)66-57(53)54)40-27-41-42(60(6,7)25-24-59(41,4)5)29-45(40)63(56)46-28-38-35-15-9-12-18-48(35)64-50(38)30-43(46)61-55/h8-23,26-31,61-62H,24-25H2,1-7H3. The van der Waals surface area contributed by atoms with Crippen LogP contribution in [-0.2, 0) is 16.2 Å². The molecule has 1 aliphatic heterocycles. The third kappa shape index (κ3) is 5.18. The molecule has 14 rings (SSSR count). The first-order chi connectivity index (χ1) is 31.8. The predicted molar refractivity (Wildman–Crippen MR) is 278 cm³/mol. The third-order valence-corrected chi connectivity index (χ3v) is 15.6. The summed E-state index contributed by atoms with van der Waals surface area (Å²) in [6.07, 6.45) is 2.29. The van der Waals surface area contributed by atoms with E-state index in [1.165, 1.54) is 55.1 Å². The number of nitrogens with one attached hydrogen (secondary N) is 1. The second-order valence-corrected chi connectivity index (χ2v) is 21.6. The van der Waals surface area contributed by atoms with Crippen molar-refractivity contribution in [1.29, 1.82) is 0 Å². The first-order valence-corrected chi connectivity index (χ1v) is 23.6. The Hall–Kier alpha value is -7.18. The molecule has 0 bridgehead atoms. The van der Waals surface area contributed by atoms with E-state index in [2.05, 4.69) is 186 Å². The number of fused-ring (bicyclic) bond motifs is 16. The van der Waals surface area contributed by atoms with Gasteiger partial charge in [0.15, 0.2) is 7.28 Å². The molecule has 0 radical (unpaired) electrons. The molecule has 0 saturated carbocycles. The van der Waals surface area contributed by atoms with Crippen LogP contribution in [0.3, 0.4) is 0 Å². The van der Waals surface area contributed by atoms with Crippen LogP contribution >= 0.6 is 0 Å². The molecule has 4 aromatic heterocycles. The highest BCUT2D eigenvalue weighted by molar-refractivity contribution is 6.74. The van der Waals surface area contributed by atoms with Crippen LogP contribution in [-0.4, -0.2) is 11.8 Å². The molecule has 0 amide bonds. The Kier molecular flexibility index (Phi) is 7.39. The lowest BCUT2D eigenvalue weighted by Crippen LogP contribution is -2.37. The Morgan fingerprint density at radius 2 is 1.15 bits per heavy atom. The fourth-order valence-electron chi connectivity index (χ4n) is 12.0. The van der Waals surface area contributed by atoms with E-state index < -0.39 is 0 Å². The number of hydrogen-bond acceptors (Lipinski definition) is 4. The SMILES string of the molecule is CC(C)(C)c1ccc(Nc2cc3oc4ccccc4c3cc2-c2c3c4c(c5cc6c(cc5n4-c4cc5c(cc4B3)oc3ccccc35)C(C)(C)CCC6(C)C)c3c2oc2ccccc23)cc1. The van der Waals surface area contributed by atoms with Crippen LogP contribution in [0.4, 0.5) is 11.4 Å². The molecule has 6 heteroatoms. The van der Waals surface area contributed by atoms with Gasteiger partial charge in [-0.15, -0.1) is 0 Å². The van der Waals surface area contributed by atoms with Gasteiger partial charge in [0.05, 0.1) is 16.7 Å². The van der Waals surface area contributed by atoms with Crippen molar-refractivity contribution in [1.82, 2.24) is 4.57 Å². The van der Waals surface area contributed by atoms with Gasteiger partial charge in [0.25, 0.3) is 0 Å². The number of furan rings is 3. The molecule has 1 aliphatic carbocycles. The number of anilines is 2. The van der Waals surface area contributed by atoms with Gasteiger partial charge in [-0.25, -0.2) is 0 Å². The van der Waals surface area contributed by atoms with E-state index in [9.17, 15) is 0 Å². The summed E-state index contributed by atoms with van der Waals surface area (Å²) in [4.78, 5) is 0. The van der Waals surface area contributed by atoms with Crippen molar-refractivity contribution < 1.29 is 13.3 Å². The molecule has 0 spiro atoms. The van der Waals surface area contributed by atoms with Gasteiger partial charge in [-0.3, -0.25) is 0 Å². The molecule has 1 N–H and O–H groups in total. The van der Waals surface area contributed by atoms with Gasteiger partial charge in [-0.2, -0.15) is 0 Å². The summed E-state index contributed by atoms with van der Waals surface area (Å²) in [5.41, 5.74) is 19.9. The Bertz CT molecular complexity index is 4090. The Balaban J connectivity index is 1.17. The molecule has 8 aromatic carbocycles. The van der Waals surface area contributed by atoms with Crippen molar-refractivity contribution in [3.8, 4) is 16.8 Å².